The Hall–Kier alpha value is -5.38. The van der Waals surface area contributed by atoms with Crippen LogP contribution >= 0.6 is 11.3 Å². The van der Waals surface area contributed by atoms with Gasteiger partial charge < -0.3 is 9.32 Å². The number of anilines is 3. The van der Waals surface area contributed by atoms with Crippen molar-refractivity contribution in [3.63, 3.8) is 0 Å². The highest BCUT2D eigenvalue weighted by molar-refractivity contribution is 7.25. The molecule has 0 aliphatic heterocycles. The van der Waals surface area contributed by atoms with Crippen molar-refractivity contribution in [3.8, 4) is 11.1 Å². The highest BCUT2D eigenvalue weighted by Gasteiger charge is 2.18. The number of hydrogen-bond acceptors (Lipinski definition) is 3. The second-order valence-electron chi connectivity index (χ2n) is 11.0. The van der Waals surface area contributed by atoms with E-state index >= 15 is 0 Å². The molecule has 0 spiro atoms. The molecule has 9 rings (SSSR count). The van der Waals surface area contributed by atoms with Crippen LogP contribution in [0.25, 0.3) is 64.0 Å². The Bertz CT molecular complexity index is 2470. The van der Waals surface area contributed by atoms with E-state index in [-0.39, 0.29) is 0 Å². The summed E-state index contributed by atoms with van der Waals surface area (Å²) in [6.45, 7) is 0. The molecule has 0 aliphatic carbocycles. The van der Waals surface area contributed by atoms with Crippen molar-refractivity contribution in [3.05, 3.63) is 152 Å². The molecule has 0 aliphatic rings. The maximum atomic E-state index is 6.50. The Labute approximate surface area is 252 Å². The molecule has 2 nitrogen and oxygen atoms in total. The Morgan fingerprint density at radius 1 is 0.395 bits per heavy atom. The first-order valence-corrected chi connectivity index (χ1v) is 15.3. The summed E-state index contributed by atoms with van der Waals surface area (Å²) < 4.78 is 9.09. The van der Waals surface area contributed by atoms with Crippen LogP contribution < -0.4 is 4.90 Å². The first-order valence-electron chi connectivity index (χ1n) is 14.5. The van der Waals surface area contributed by atoms with Gasteiger partial charge in [0.1, 0.15) is 11.2 Å². The van der Waals surface area contributed by atoms with E-state index in [4.69, 9.17) is 4.42 Å². The molecule has 0 amide bonds. The molecular formula is C40H25NOS. The van der Waals surface area contributed by atoms with E-state index in [0.717, 1.165) is 39.0 Å². The molecule has 0 radical (unpaired) electrons. The van der Waals surface area contributed by atoms with E-state index in [1.54, 1.807) is 0 Å². The van der Waals surface area contributed by atoms with Crippen molar-refractivity contribution in [2.24, 2.45) is 0 Å². The molecular weight excluding hydrogens is 543 g/mol. The lowest BCUT2D eigenvalue weighted by molar-refractivity contribution is 0.669. The van der Waals surface area contributed by atoms with Crippen LogP contribution in [-0.4, -0.2) is 0 Å². The summed E-state index contributed by atoms with van der Waals surface area (Å²) in [6, 6.07) is 54.3. The summed E-state index contributed by atoms with van der Waals surface area (Å²) in [7, 11) is 0. The largest absolute Gasteiger partial charge is 0.456 e. The molecule has 3 heteroatoms. The van der Waals surface area contributed by atoms with E-state index in [9.17, 15) is 0 Å². The standard InChI is InChI=1S/C40H25NOS/c1-2-9-26(10-3-1)27-13-8-14-30(21-27)41(32-18-20-35-34-15-6-7-16-39(34)43-40(35)25-32)31-17-19-33-36-22-28-11-4-5-12-29(28)23-37(36)42-38(33)24-31/h1-25H. The van der Waals surface area contributed by atoms with Crippen LogP contribution in [0.2, 0.25) is 0 Å². The minimum atomic E-state index is 0.884. The van der Waals surface area contributed by atoms with Crippen LogP contribution in [0, 0.1) is 0 Å². The number of nitrogens with zero attached hydrogens (tertiary/aromatic N) is 1. The molecule has 0 fully saturated rings. The maximum Gasteiger partial charge on any atom is 0.137 e. The van der Waals surface area contributed by atoms with Gasteiger partial charge in [-0.25, -0.2) is 0 Å². The smallest absolute Gasteiger partial charge is 0.137 e. The molecule has 9 aromatic rings. The highest BCUT2D eigenvalue weighted by Crippen LogP contribution is 2.43. The molecule has 0 bridgehead atoms. The van der Waals surface area contributed by atoms with E-state index < -0.39 is 0 Å². The van der Waals surface area contributed by atoms with Crippen LogP contribution in [-0.2, 0) is 0 Å². The number of benzene rings is 7. The number of thiophene rings is 1. The Balaban J connectivity index is 1.25. The minimum Gasteiger partial charge on any atom is -0.456 e. The first-order chi connectivity index (χ1) is 21.3. The van der Waals surface area contributed by atoms with Gasteiger partial charge in [0, 0.05) is 54.1 Å². The summed E-state index contributed by atoms with van der Waals surface area (Å²) in [5.74, 6) is 0. The highest BCUT2D eigenvalue weighted by atomic mass is 32.1. The lowest BCUT2D eigenvalue weighted by Gasteiger charge is -2.26. The van der Waals surface area contributed by atoms with Gasteiger partial charge in [-0.3, -0.25) is 0 Å². The molecule has 2 heterocycles. The fraction of sp³-hybridized carbons (Fsp3) is 0. The van der Waals surface area contributed by atoms with Crippen LogP contribution in [0.3, 0.4) is 0 Å². The molecule has 7 aromatic carbocycles. The van der Waals surface area contributed by atoms with Gasteiger partial charge in [-0.05, 0) is 76.5 Å². The molecule has 0 saturated heterocycles. The Kier molecular flexibility index (Phi) is 5.40. The van der Waals surface area contributed by atoms with Crippen molar-refractivity contribution >= 4 is 81.3 Å². The van der Waals surface area contributed by atoms with Gasteiger partial charge in [0.15, 0.2) is 0 Å². The maximum absolute atomic E-state index is 6.50. The number of furan rings is 1. The lowest BCUT2D eigenvalue weighted by Crippen LogP contribution is -2.09. The molecule has 0 atom stereocenters. The molecule has 0 unspecified atom stereocenters. The molecule has 0 N–H and O–H groups in total. The zero-order chi connectivity index (χ0) is 28.3. The van der Waals surface area contributed by atoms with Crippen molar-refractivity contribution < 1.29 is 4.42 Å². The van der Waals surface area contributed by atoms with Gasteiger partial charge in [-0.1, -0.05) is 91.0 Å². The minimum absolute atomic E-state index is 0.884. The van der Waals surface area contributed by atoms with Crippen LogP contribution in [0.1, 0.15) is 0 Å². The third-order valence-electron chi connectivity index (χ3n) is 8.41. The normalized spacial score (nSPS) is 11.7. The topological polar surface area (TPSA) is 16.4 Å². The lowest BCUT2D eigenvalue weighted by atomic mass is 10.0. The molecule has 0 saturated carbocycles. The van der Waals surface area contributed by atoms with Crippen LogP contribution in [0.4, 0.5) is 17.1 Å². The van der Waals surface area contributed by atoms with Gasteiger partial charge in [-0.2, -0.15) is 0 Å². The van der Waals surface area contributed by atoms with Gasteiger partial charge in [0.25, 0.3) is 0 Å². The van der Waals surface area contributed by atoms with Gasteiger partial charge in [-0.15, -0.1) is 11.3 Å². The zero-order valence-corrected chi connectivity index (χ0v) is 24.0. The predicted molar refractivity (Wildman–Crippen MR) is 184 cm³/mol. The number of fused-ring (bicyclic) bond motifs is 7. The fourth-order valence-corrected chi connectivity index (χ4v) is 7.49. The summed E-state index contributed by atoms with van der Waals surface area (Å²) in [5, 5.41) is 7.28. The van der Waals surface area contributed by atoms with Crippen molar-refractivity contribution in [2.45, 2.75) is 0 Å². The second-order valence-corrected chi connectivity index (χ2v) is 12.1. The molecule has 202 valence electrons. The quantitative estimate of drug-likeness (QED) is 0.210. The average molecular weight is 568 g/mol. The number of rotatable bonds is 4. The second kappa shape index (κ2) is 9.59. The zero-order valence-electron chi connectivity index (χ0n) is 23.2. The SMILES string of the molecule is c1ccc(-c2cccc(N(c3ccc4c(c3)oc3cc5ccccc5cc34)c3ccc4c(c3)sc3ccccc34)c2)cc1. The molecule has 2 aromatic heterocycles. The Morgan fingerprint density at radius 3 is 1.93 bits per heavy atom. The Morgan fingerprint density at radius 2 is 1.05 bits per heavy atom. The number of hydrogen-bond donors (Lipinski definition) is 0. The monoisotopic (exact) mass is 567 g/mol. The van der Waals surface area contributed by atoms with Crippen molar-refractivity contribution in [2.75, 3.05) is 4.90 Å². The van der Waals surface area contributed by atoms with E-state index in [1.165, 1.54) is 42.1 Å². The van der Waals surface area contributed by atoms with Gasteiger partial charge in [0.05, 0.1) is 0 Å². The van der Waals surface area contributed by atoms with Gasteiger partial charge in [0.2, 0.25) is 0 Å². The predicted octanol–water partition coefficient (Wildman–Crippen LogP) is 12.2. The summed E-state index contributed by atoms with van der Waals surface area (Å²) in [6.07, 6.45) is 0. The van der Waals surface area contributed by atoms with E-state index in [0.29, 0.717) is 0 Å². The fourth-order valence-electron chi connectivity index (χ4n) is 6.35. The van der Waals surface area contributed by atoms with Crippen molar-refractivity contribution in [1.82, 2.24) is 0 Å². The summed E-state index contributed by atoms with van der Waals surface area (Å²) in [4.78, 5) is 2.35. The van der Waals surface area contributed by atoms with Crippen LogP contribution in [0.5, 0.6) is 0 Å². The van der Waals surface area contributed by atoms with E-state index in [1.807, 2.05) is 11.3 Å². The first kappa shape index (κ1) is 24.2. The van der Waals surface area contributed by atoms with E-state index in [2.05, 4.69) is 157 Å². The van der Waals surface area contributed by atoms with Crippen molar-refractivity contribution in [1.29, 1.82) is 0 Å². The average Bonchev–Trinajstić information content (AvgIpc) is 3.61. The summed E-state index contributed by atoms with van der Waals surface area (Å²) >= 11 is 1.84. The molecule has 43 heavy (non-hydrogen) atoms. The third-order valence-corrected chi connectivity index (χ3v) is 9.55. The van der Waals surface area contributed by atoms with Crippen LogP contribution in [0.15, 0.2) is 156 Å². The van der Waals surface area contributed by atoms with Gasteiger partial charge >= 0.3 is 0 Å². The third kappa shape index (κ3) is 4.01. The summed E-state index contributed by atoms with van der Waals surface area (Å²) in [5.41, 5.74) is 7.45.